The van der Waals surface area contributed by atoms with E-state index in [2.05, 4.69) is 6.58 Å². The summed E-state index contributed by atoms with van der Waals surface area (Å²) < 4.78 is 9.82. The number of carbonyl (C=O) groups is 2. The molecule has 14 heavy (non-hydrogen) atoms. The number of rotatable bonds is 4. The van der Waals surface area contributed by atoms with E-state index in [9.17, 15) is 9.59 Å². The first-order valence-corrected chi connectivity index (χ1v) is 4.61. The van der Waals surface area contributed by atoms with Crippen molar-refractivity contribution in [1.29, 1.82) is 0 Å². The zero-order chi connectivity index (χ0) is 10.6. The van der Waals surface area contributed by atoms with Gasteiger partial charge in [-0.25, -0.2) is 4.79 Å². The molecule has 0 amide bonds. The first-order valence-electron chi connectivity index (χ1n) is 4.61. The second-order valence-electron chi connectivity index (χ2n) is 3.36. The van der Waals surface area contributed by atoms with Gasteiger partial charge in [0.05, 0.1) is 6.61 Å². The normalized spacial score (nSPS) is 20.4. The molecule has 78 valence electrons. The van der Waals surface area contributed by atoms with Crippen LogP contribution in [0.1, 0.15) is 26.2 Å². The Hall–Kier alpha value is -1.32. The second-order valence-corrected chi connectivity index (χ2v) is 3.36. The molecule has 4 heteroatoms. The number of esters is 2. The lowest BCUT2D eigenvalue weighted by Crippen LogP contribution is -2.13. The third-order valence-corrected chi connectivity index (χ3v) is 1.99. The number of ether oxygens (including phenoxy) is 2. The number of hydrogen-bond acceptors (Lipinski definition) is 4. The van der Waals surface area contributed by atoms with Gasteiger partial charge in [-0.1, -0.05) is 6.58 Å². The molecule has 1 unspecified atom stereocenters. The maximum atomic E-state index is 11.0. The molecule has 0 spiro atoms. The molecule has 0 N–H and O–H groups in total. The Kier molecular flexibility index (Phi) is 3.68. The van der Waals surface area contributed by atoms with Gasteiger partial charge in [0.15, 0.2) is 0 Å². The zero-order valence-electron chi connectivity index (χ0n) is 8.25. The monoisotopic (exact) mass is 198 g/mol. The summed E-state index contributed by atoms with van der Waals surface area (Å²) in [5, 5.41) is 0. The van der Waals surface area contributed by atoms with Crippen LogP contribution < -0.4 is 0 Å². The van der Waals surface area contributed by atoms with Crippen LogP contribution in [0.4, 0.5) is 0 Å². The van der Waals surface area contributed by atoms with Gasteiger partial charge in [-0.2, -0.15) is 0 Å². The third kappa shape index (κ3) is 3.20. The van der Waals surface area contributed by atoms with Gasteiger partial charge < -0.3 is 9.47 Å². The van der Waals surface area contributed by atoms with Gasteiger partial charge in [0.1, 0.15) is 6.10 Å². The van der Waals surface area contributed by atoms with Crippen LogP contribution in [0.25, 0.3) is 0 Å². The highest BCUT2D eigenvalue weighted by molar-refractivity contribution is 5.86. The lowest BCUT2D eigenvalue weighted by molar-refractivity contribution is -0.143. The summed E-state index contributed by atoms with van der Waals surface area (Å²) in [6, 6.07) is 0. The minimum Gasteiger partial charge on any atom is -0.462 e. The second kappa shape index (κ2) is 4.79. The SMILES string of the molecule is C=C(C)C(=O)OCCC1CCC(=O)O1. The summed E-state index contributed by atoms with van der Waals surface area (Å²) in [6.45, 7) is 5.33. The minimum absolute atomic E-state index is 0.0829. The highest BCUT2D eigenvalue weighted by atomic mass is 16.6. The van der Waals surface area contributed by atoms with Crippen molar-refractivity contribution in [2.75, 3.05) is 6.61 Å². The van der Waals surface area contributed by atoms with Gasteiger partial charge in [-0.3, -0.25) is 4.79 Å². The number of carbonyl (C=O) groups excluding carboxylic acids is 2. The Morgan fingerprint density at radius 1 is 1.71 bits per heavy atom. The van der Waals surface area contributed by atoms with E-state index in [0.717, 1.165) is 6.42 Å². The van der Waals surface area contributed by atoms with E-state index in [4.69, 9.17) is 9.47 Å². The van der Waals surface area contributed by atoms with Gasteiger partial charge in [0, 0.05) is 18.4 Å². The van der Waals surface area contributed by atoms with E-state index < -0.39 is 5.97 Å². The maximum Gasteiger partial charge on any atom is 0.333 e. The van der Waals surface area contributed by atoms with Crippen LogP contribution in [-0.2, 0) is 19.1 Å². The highest BCUT2D eigenvalue weighted by Gasteiger charge is 2.23. The van der Waals surface area contributed by atoms with Gasteiger partial charge in [0.25, 0.3) is 0 Å². The Labute approximate surface area is 82.9 Å². The standard InChI is InChI=1S/C10H14O4/c1-7(2)10(12)13-6-5-8-3-4-9(11)14-8/h8H,1,3-6H2,2H3. The Balaban J connectivity index is 2.13. The van der Waals surface area contributed by atoms with Crippen molar-refractivity contribution in [2.24, 2.45) is 0 Å². The van der Waals surface area contributed by atoms with Gasteiger partial charge in [0.2, 0.25) is 0 Å². The molecule has 1 saturated heterocycles. The fourth-order valence-corrected chi connectivity index (χ4v) is 1.19. The zero-order valence-corrected chi connectivity index (χ0v) is 8.25. The Bertz CT molecular complexity index is 257. The molecule has 1 fully saturated rings. The average Bonchev–Trinajstić information content (AvgIpc) is 2.51. The summed E-state index contributed by atoms with van der Waals surface area (Å²) in [4.78, 5) is 21.7. The molecule has 0 radical (unpaired) electrons. The molecule has 1 aliphatic rings. The van der Waals surface area contributed by atoms with Crippen molar-refractivity contribution in [3.8, 4) is 0 Å². The fourth-order valence-electron chi connectivity index (χ4n) is 1.19. The van der Waals surface area contributed by atoms with Crippen molar-refractivity contribution < 1.29 is 19.1 Å². The summed E-state index contributed by atoms with van der Waals surface area (Å²) >= 11 is 0. The van der Waals surface area contributed by atoms with Crippen LogP contribution in [0.2, 0.25) is 0 Å². The van der Waals surface area contributed by atoms with E-state index in [-0.39, 0.29) is 18.7 Å². The lowest BCUT2D eigenvalue weighted by atomic mass is 10.2. The van der Waals surface area contributed by atoms with Gasteiger partial charge >= 0.3 is 11.9 Å². The van der Waals surface area contributed by atoms with E-state index in [1.165, 1.54) is 0 Å². The summed E-state index contributed by atoms with van der Waals surface area (Å²) in [5.41, 5.74) is 0.383. The molecule has 0 saturated carbocycles. The highest BCUT2D eigenvalue weighted by Crippen LogP contribution is 2.16. The van der Waals surface area contributed by atoms with Crippen LogP contribution in [0.3, 0.4) is 0 Å². The van der Waals surface area contributed by atoms with E-state index in [1.807, 2.05) is 0 Å². The largest absolute Gasteiger partial charge is 0.462 e. The predicted octanol–water partition coefficient (Wildman–Crippen LogP) is 1.20. The first kappa shape index (κ1) is 10.8. The summed E-state index contributed by atoms with van der Waals surface area (Å²) in [6.07, 6.45) is 1.69. The van der Waals surface area contributed by atoms with E-state index >= 15 is 0 Å². The van der Waals surface area contributed by atoms with Gasteiger partial charge in [-0.15, -0.1) is 0 Å². The van der Waals surface area contributed by atoms with Crippen LogP contribution >= 0.6 is 0 Å². The predicted molar refractivity (Wildman–Crippen MR) is 49.5 cm³/mol. The summed E-state index contributed by atoms with van der Waals surface area (Å²) in [7, 11) is 0. The van der Waals surface area contributed by atoms with Crippen LogP contribution in [0, 0.1) is 0 Å². The fraction of sp³-hybridized carbons (Fsp3) is 0.600. The molecule has 1 rings (SSSR count). The topological polar surface area (TPSA) is 52.6 Å². The molecule has 0 aromatic heterocycles. The number of cyclic esters (lactones) is 1. The summed E-state index contributed by atoms with van der Waals surface area (Å²) in [5.74, 6) is -0.560. The molecule has 1 aliphatic heterocycles. The Morgan fingerprint density at radius 3 is 2.93 bits per heavy atom. The van der Waals surface area contributed by atoms with Crippen molar-refractivity contribution in [2.45, 2.75) is 32.3 Å². The Morgan fingerprint density at radius 2 is 2.43 bits per heavy atom. The van der Waals surface area contributed by atoms with Crippen molar-refractivity contribution in [3.05, 3.63) is 12.2 Å². The van der Waals surface area contributed by atoms with Gasteiger partial charge in [-0.05, 0) is 13.3 Å². The van der Waals surface area contributed by atoms with Crippen LogP contribution in [-0.4, -0.2) is 24.6 Å². The number of hydrogen-bond donors (Lipinski definition) is 0. The molecule has 1 heterocycles. The van der Waals surface area contributed by atoms with Crippen molar-refractivity contribution in [3.63, 3.8) is 0 Å². The minimum atomic E-state index is -0.394. The molecule has 0 aliphatic carbocycles. The van der Waals surface area contributed by atoms with Crippen molar-refractivity contribution in [1.82, 2.24) is 0 Å². The molecule has 0 bridgehead atoms. The molecule has 0 aromatic rings. The molecular formula is C10H14O4. The van der Waals surface area contributed by atoms with Crippen LogP contribution in [0.5, 0.6) is 0 Å². The average molecular weight is 198 g/mol. The molecule has 1 atom stereocenters. The van der Waals surface area contributed by atoms with Crippen molar-refractivity contribution >= 4 is 11.9 Å². The molecular weight excluding hydrogens is 184 g/mol. The lowest BCUT2D eigenvalue weighted by Gasteiger charge is -2.09. The molecule has 4 nitrogen and oxygen atoms in total. The van der Waals surface area contributed by atoms with E-state index in [0.29, 0.717) is 18.4 Å². The maximum absolute atomic E-state index is 11.0. The smallest absolute Gasteiger partial charge is 0.333 e. The quantitative estimate of drug-likeness (QED) is 0.503. The van der Waals surface area contributed by atoms with Crippen LogP contribution in [0.15, 0.2) is 12.2 Å². The first-order chi connectivity index (χ1) is 6.59. The molecule has 0 aromatic carbocycles. The van der Waals surface area contributed by atoms with E-state index in [1.54, 1.807) is 6.92 Å². The third-order valence-electron chi connectivity index (χ3n) is 1.99.